The maximum absolute atomic E-state index is 12.6. The van der Waals surface area contributed by atoms with E-state index in [0.29, 0.717) is 51.2 Å². The van der Waals surface area contributed by atoms with E-state index in [-0.39, 0.29) is 22.7 Å². The second-order valence-electron chi connectivity index (χ2n) is 8.00. The summed E-state index contributed by atoms with van der Waals surface area (Å²) in [5.74, 6) is 0.824. The average molecular weight is 496 g/mol. The number of anilines is 1. The molecule has 0 radical (unpaired) electrons. The highest BCUT2D eigenvalue weighted by Gasteiger charge is 2.15. The van der Waals surface area contributed by atoms with Crippen molar-refractivity contribution >= 4 is 51.6 Å². The molecule has 0 atom stereocenters. The van der Waals surface area contributed by atoms with Crippen LogP contribution >= 0.6 is 23.8 Å². The second kappa shape index (κ2) is 10.1. The number of hydrogen-bond acceptors (Lipinski definition) is 6. The fraction of sp³-hybridized carbons (Fsp3) is 0.160. The van der Waals surface area contributed by atoms with Gasteiger partial charge in [-0.15, -0.1) is 0 Å². The topological polar surface area (TPSA) is 96.6 Å². The van der Waals surface area contributed by atoms with Crippen LogP contribution in [0.5, 0.6) is 11.5 Å². The van der Waals surface area contributed by atoms with E-state index < -0.39 is 0 Å². The molecule has 174 valence electrons. The van der Waals surface area contributed by atoms with E-state index in [1.165, 1.54) is 6.07 Å². The van der Waals surface area contributed by atoms with E-state index in [1.807, 2.05) is 0 Å². The summed E-state index contributed by atoms with van der Waals surface area (Å²) in [5, 5.41) is 16.6. The Bertz CT molecular complexity index is 1370. The number of oxazole rings is 1. The fourth-order valence-electron chi connectivity index (χ4n) is 3.13. The summed E-state index contributed by atoms with van der Waals surface area (Å²) >= 11 is 11.3. The Kier molecular flexibility index (Phi) is 7.00. The molecular weight excluding hydrogens is 474 g/mol. The number of ether oxygens (including phenoxy) is 1. The van der Waals surface area contributed by atoms with Crippen molar-refractivity contribution in [3.8, 4) is 23.0 Å². The van der Waals surface area contributed by atoms with Crippen LogP contribution in [0, 0.1) is 5.92 Å². The van der Waals surface area contributed by atoms with Gasteiger partial charge in [-0.05, 0) is 72.7 Å². The third-order valence-corrected chi connectivity index (χ3v) is 5.18. The highest BCUT2D eigenvalue weighted by Crippen LogP contribution is 2.33. The van der Waals surface area contributed by atoms with Crippen molar-refractivity contribution in [2.75, 3.05) is 11.9 Å². The average Bonchev–Trinajstić information content (AvgIpc) is 3.22. The first kappa shape index (κ1) is 23.5. The van der Waals surface area contributed by atoms with Gasteiger partial charge in [-0.3, -0.25) is 10.1 Å². The van der Waals surface area contributed by atoms with Crippen LogP contribution in [0.3, 0.4) is 0 Å². The van der Waals surface area contributed by atoms with Gasteiger partial charge in [0.15, 0.2) is 10.7 Å². The maximum atomic E-state index is 12.6. The molecule has 0 bridgehead atoms. The standard InChI is InChI=1S/C25H22ClN3O4S/c1-14(2)13-32-18-5-3-4-15(10-18)23(31)29-25(34)27-17-7-8-21(30)19(12-17)24-28-20-11-16(26)6-9-22(20)33-24/h3-12,14,30H,13H2,1-2H3,(H2,27,29,31,34). The number of benzene rings is 3. The van der Waals surface area contributed by atoms with Crippen molar-refractivity contribution in [3.05, 3.63) is 71.2 Å². The first-order chi connectivity index (χ1) is 16.3. The Morgan fingerprint density at radius 2 is 2.00 bits per heavy atom. The van der Waals surface area contributed by atoms with Gasteiger partial charge in [0.05, 0.1) is 12.2 Å². The van der Waals surface area contributed by atoms with Gasteiger partial charge in [0, 0.05) is 16.3 Å². The number of thiocarbonyl (C=S) groups is 1. The van der Waals surface area contributed by atoms with Crippen molar-refractivity contribution in [1.29, 1.82) is 0 Å². The minimum atomic E-state index is -0.373. The number of hydrogen-bond donors (Lipinski definition) is 3. The predicted molar refractivity (Wildman–Crippen MR) is 137 cm³/mol. The largest absolute Gasteiger partial charge is 0.507 e. The van der Waals surface area contributed by atoms with E-state index in [1.54, 1.807) is 54.6 Å². The first-order valence-corrected chi connectivity index (χ1v) is 11.3. The Hall–Kier alpha value is -3.62. The predicted octanol–water partition coefficient (Wildman–Crippen LogP) is 6.02. The number of carbonyl (C=O) groups excluding carboxylic acids is 1. The number of phenols is 1. The van der Waals surface area contributed by atoms with Crippen LogP contribution in [0.15, 0.2) is 65.1 Å². The van der Waals surface area contributed by atoms with E-state index in [0.717, 1.165) is 0 Å². The van der Waals surface area contributed by atoms with E-state index in [4.69, 9.17) is 33.0 Å². The SMILES string of the molecule is CC(C)COc1cccc(C(=O)NC(=S)Nc2ccc(O)c(-c3nc4cc(Cl)ccc4o3)c2)c1. The molecule has 0 aliphatic rings. The Labute approximate surface area is 206 Å². The molecule has 0 saturated heterocycles. The zero-order valence-electron chi connectivity index (χ0n) is 18.5. The molecule has 4 rings (SSSR count). The van der Waals surface area contributed by atoms with Crippen LogP contribution in [0.1, 0.15) is 24.2 Å². The van der Waals surface area contributed by atoms with E-state index in [2.05, 4.69) is 29.5 Å². The molecule has 0 aliphatic heterocycles. The monoisotopic (exact) mass is 495 g/mol. The molecule has 0 aliphatic carbocycles. The number of aromatic hydroxyl groups is 1. The zero-order chi connectivity index (χ0) is 24.2. The molecular formula is C25H22ClN3O4S. The third kappa shape index (κ3) is 5.65. The lowest BCUT2D eigenvalue weighted by molar-refractivity contribution is 0.0977. The number of carbonyl (C=O) groups is 1. The Morgan fingerprint density at radius 1 is 1.18 bits per heavy atom. The highest BCUT2D eigenvalue weighted by atomic mass is 35.5. The number of phenolic OH excluding ortho intramolecular Hbond substituents is 1. The lowest BCUT2D eigenvalue weighted by Crippen LogP contribution is -2.34. The van der Waals surface area contributed by atoms with Gasteiger partial charge in [0.1, 0.15) is 17.0 Å². The summed E-state index contributed by atoms with van der Waals surface area (Å²) in [6, 6.07) is 16.7. The molecule has 0 saturated carbocycles. The van der Waals surface area contributed by atoms with Crippen molar-refractivity contribution in [3.63, 3.8) is 0 Å². The van der Waals surface area contributed by atoms with Crippen LogP contribution in [0.4, 0.5) is 5.69 Å². The lowest BCUT2D eigenvalue weighted by Gasteiger charge is -2.12. The van der Waals surface area contributed by atoms with Crippen LogP contribution in [-0.4, -0.2) is 27.7 Å². The van der Waals surface area contributed by atoms with Crippen molar-refractivity contribution < 1.29 is 19.1 Å². The maximum Gasteiger partial charge on any atom is 0.257 e. The molecule has 0 spiro atoms. The molecule has 0 fully saturated rings. The molecule has 1 aromatic heterocycles. The van der Waals surface area contributed by atoms with Gasteiger partial charge < -0.3 is 19.6 Å². The molecule has 1 heterocycles. The first-order valence-electron chi connectivity index (χ1n) is 10.5. The smallest absolute Gasteiger partial charge is 0.257 e. The lowest BCUT2D eigenvalue weighted by atomic mass is 10.1. The number of aromatic nitrogens is 1. The summed E-state index contributed by atoms with van der Waals surface area (Å²) in [6.07, 6.45) is 0. The van der Waals surface area contributed by atoms with Gasteiger partial charge in [-0.2, -0.15) is 0 Å². The second-order valence-corrected chi connectivity index (χ2v) is 8.85. The highest BCUT2D eigenvalue weighted by molar-refractivity contribution is 7.80. The molecule has 3 aromatic carbocycles. The van der Waals surface area contributed by atoms with Gasteiger partial charge >= 0.3 is 0 Å². The van der Waals surface area contributed by atoms with Gasteiger partial charge in [-0.25, -0.2) is 4.98 Å². The summed E-state index contributed by atoms with van der Waals surface area (Å²) in [6.45, 7) is 4.66. The number of nitrogens with one attached hydrogen (secondary N) is 2. The number of amides is 1. The minimum Gasteiger partial charge on any atom is -0.507 e. The van der Waals surface area contributed by atoms with Crippen LogP contribution in [0.2, 0.25) is 5.02 Å². The van der Waals surface area contributed by atoms with Gasteiger partial charge in [-0.1, -0.05) is 31.5 Å². The van der Waals surface area contributed by atoms with Crippen LogP contribution in [-0.2, 0) is 0 Å². The Balaban J connectivity index is 1.46. The summed E-state index contributed by atoms with van der Waals surface area (Å²) in [5.41, 5.74) is 2.43. The summed E-state index contributed by atoms with van der Waals surface area (Å²) < 4.78 is 11.4. The molecule has 3 N–H and O–H groups in total. The minimum absolute atomic E-state index is 0.0173. The normalized spacial score (nSPS) is 10.9. The quantitative estimate of drug-likeness (QED) is 0.222. The van der Waals surface area contributed by atoms with Gasteiger partial charge in [0.25, 0.3) is 5.91 Å². The molecule has 9 heteroatoms. The summed E-state index contributed by atoms with van der Waals surface area (Å²) in [4.78, 5) is 17.0. The van der Waals surface area contributed by atoms with Crippen LogP contribution < -0.4 is 15.4 Å². The fourth-order valence-corrected chi connectivity index (χ4v) is 3.51. The third-order valence-electron chi connectivity index (χ3n) is 4.74. The molecule has 7 nitrogen and oxygen atoms in total. The number of nitrogens with zero attached hydrogens (tertiary/aromatic N) is 1. The van der Waals surface area contributed by atoms with Gasteiger partial charge in [0.2, 0.25) is 5.89 Å². The Morgan fingerprint density at radius 3 is 2.79 bits per heavy atom. The number of halogens is 1. The summed E-state index contributed by atoms with van der Waals surface area (Å²) in [7, 11) is 0. The van der Waals surface area contributed by atoms with Crippen molar-refractivity contribution in [2.24, 2.45) is 5.92 Å². The van der Waals surface area contributed by atoms with E-state index >= 15 is 0 Å². The van der Waals surface area contributed by atoms with Crippen LogP contribution in [0.25, 0.3) is 22.6 Å². The zero-order valence-corrected chi connectivity index (χ0v) is 20.0. The number of rotatable bonds is 6. The molecule has 34 heavy (non-hydrogen) atoms. The van der Waals surface area contributed by atoms with Crippen molar-refractivity contribution in [1.82, 2.24) is 10.3 Å². The molecule has 1 amide bonds. The van der Waals surface area contributed by atoms with E-state index in [9.17, 15) is 9.90 Å². The van der Waals surface area contributed by atoms with Crippen molar-refractivity contribution in [2.45, 2.75) is 13.8 Å². The number of fused-ring (bicyclic) bond motifs is 1. The molecule has 0 unspecified atom stereocenters. The molecule has 4 aromatic rings.